The first-order chi connectivity index (χ1) is 9.20. The Balaban J connectivity index is 1.78. The normalized spacial score (nSPS) is 21.7. The predicted octanol–water partition coefficient (Wildman–Crippen LogP) is 2.22. The molecule has 1 fully saturated rings. The molecule has 0 amide bonds. The van der Waals surface area contributed by atoms with E-state index < -0.39 is 6.10 Å². The summed E-state index contributed by atoms with van der Waals surface area (Å²) >= 11 is 0. The van der Waals surface area contributed by atoms with E-state index >= 15 is 0 Å². The lowest BCUT2D eigenvalue weighted by atomic mass is 10.1. The number of hydrogen-bond acceptors (Lipinski definition) is 3. The predicted molar refractivity (Wildman–Crippen MR) is 72.4 cm³/mol. The topological polar surface area (TPSA) is 32.7 Å². The smallest absolute Gasteiger partial charge is 0.128 e. The molecule has 1 saturated heterocycles. The van der Waals surface area contributed by atoms with E-state index in [1.165, 1.54) is 6.07 Å². The summed E-state index contributed by atoms with van der Waals surface area (Å²) < 4.78 is 18.7. The van der Waals surface area contributed by atoms with Crippen LogP contribution in [0.1, 0.15) is 24.5 Å². The molecule has 0 aliphatic carbocycles. The zero-order valence-corrected chi connectivity index (χ0v) is 11.4. The van der Waals surface area contributed by atoms with Gasteiger partial charge in [-0.3, -0.25) is 0 Å². The highest BCUT2D eigenvalue weighted by atomic mass is 19.1. The van der Waals surface area contributed by atoms with Crippen molar-refractivity contribution in [3.8, 4) is 0 Å². The average Bonchev–Trinajstić information content (AvgIpc) is 2.85. The summed E-state index contributed by atoms with van der Waals surface area (Å²) in [7, 11) is 1.73. The van der Waals surface area contributed by atoms with Crippen LogP contribution in [0.3, 0.4) is 0 Å². The molecule has 0 spiro atoms. The van der Waals surface area contributed by atoms with Crippen molar-refractivity contribution in [3.05, 3.63) is 35.6 Å². The third-order valence-corrected chi connectivity index (χ3v) is 3.76. The molecular weight excluding hydrogens is 245 g/mol. The molecule has 2 atom stereocenters. The van der Waals surface area contributed by atoms with Gasteiger partial charge in [-0.05, 0) is 31.4 Å². The van der Waals surface area contributed by atoms with Crippen molar-refractivity contribution in [2.24, 2.45) is 5.92 Å². The lowest BCUT2D eigenvalue weighted by Gasteiger charge is -2.18. The molecule has 0 saturated carbocycles. The van der Waals surface area contributed by atoms with E-state index in [2.05, 4.69) is 4.90 Å². The highest BCUT2D eigenvalue weighted by Crippen LogP contribution is 2.22. The summed E-state index contributed by atoms with van der Waals surface area (Å²) in [5, 5.41) is 10.0. The second-order valence-corrected chi connectivity index (χ2v) is 5.24. The van der Waals surface area contributed by atoms with Crippen LogP contribution in [-0.4, -0.2) is 43.4 Å². The molecule has 2 rings (SSSR count). The third kappa shape index (κ3) is 4.00. The van der Waals surface area contributed by atoms with Gasteiger partial charge in [0, 0.05) is 25.8 Å². The van der Waals surface area contributed by atoms with E-state index in [1.807, 2.05) is 0 Å². The Bertz CT molecular complexity index is 399. The van der Waals surface area contributed by atoms with Crippen LogP contribution in [0.2, 0.25) is 0 Å². The van der Waals surface area contributed by atoms with E-state index in [-0.39, 0.29) is 5.82 Å². The number of aliphatic hydroxyl groups is 1. The van der Waals surface area contributed by atoms with Gasteiger partial charge in [-0.15, -0.1) is 0 Å². The Morgan fingerprint density at radius 2 is 2.26 bits per heavy atom. The minimum absolute atomic E-state index is 0.325. The van der Waals surface area contributed by atoms with Crippen molar-refractivity contribution in [2.75, 3.05) is 33.4 Å². The third-order valence-electron chi connectivity index (χ3n) is 3.76. The Labute approximate surface area is 114 Å². The van der Waals surface area contributed by atoms with Crippen molar-refractivity contribution in [1.82, 2.24) is 4.90 Å². The summed E-state index contributed by atoms with van der Waals surface area (Å²) in [5.41, 5.74) is 0.398. The maximum atomic E-state index is 13.5. The molecule has 1 heterocycles. The number of rotatable bonds is 6. The van der Waals surface area contributed by atoms with Crippen molar-refractivity contribution in [1.29, 1.82) is 0 Å². The Kier molecular flexibility index (Phi) is 5.31. The molecule has 1 aliphatic rings. The van der Waals surface area contributed by atoms with Gasteiger partial charge < -0.3 is 14.7 Å². The molecule has 0 bridgehead atoms. The summed E-state index contributed by atoms with van der Waals surface area (Å²) in [6.07, 6.45) is 0.993. The summed E-state index contributed by atoms with van der Waals surface area (Å²) in [5.74, 6) is 0.268. The lowest BCUT2D eigenvalue weighted by Crippen LogP contribution is -2.24. The number of hydrogen-bond donors (Lipinski definition) is 1. The molecular formula is C15H22FNO2. The first-order valence-corrected chi connectivity index (χ1v) is 6.84. The van der Waals surface area contributed by atoms with Crippen LogP contribution >= 0.6 is 0 Å². The standard InChI is InChI=1S/C15H22FNO2/c1-19-11-12-6-8-17(10-12)9-7-15(18)13-4-2-3-5-14(13)16/h2-5,12,15,18H,6-11H2,1H3. The number of methoxy groups -OCH3 is 1. The van der Waals surface area contributed by atoms with Crippen LogP contribution in [0, 0.1) is 11.7 Å². The number of likely N-dealkylation sites (tertiary alicyclic amines) is 1. The maximum absolute atomic E-state index is 13.5. The summed E-state index contributed by atoms with van der Waals surface area (Å²) in [6.45, 7) is 3.65. The lowest BCUT2D eigenvalue weighted by molar-refractivity contribution is 0.135. The van der Waals surface area contributed by atoms with E-state index in [9.17, 15) is 9.50 Å². The largest absolute Gasteiger partial charge is 0.388 e. The maximum Gasteiger partial charge on any atom is 0.128 e. The van der Waals surface area contributed by atoms with Crippen LogP contribution in [0.4, 0.5) is 4.39 Å². The average molecular weight is 267 g/mol. The molecule has 19 heavy (non-hydrogen) atoms. The second-order valence-electron chi connectivity index (χ2n) is 5.24. The van der Waals surface area contributed by atoms with Crippen molar-refractivity contribution < 1.29 is 14.2 Å². The van der Waals surface area contributed by atoms with E-state index in [0.717, 1.165) is 32.7 Å². The minimum atomic E-state index is -0.720. The van der Waals surface area contributed by atoms with Gasteiger partial charge in [0.05, 0.1) is 12.7 Å². The minimum Gasteiger partial charge on any atom is -0.388 e. The highest BCUT2D eigenvalue weighted by molar-refractivity contribution is 5.19. The zero-order valence-electron chi connectivity index (χ0n) is 11.4. The fraction of sp³-hybridized carbons (Fsp3) is 0.600. The monoisotopic (exact) mass is 267 g/mol. The van der Waals surface area contributed by atoms with E-state index in [1.54, 1.807) is 25.3 Å². The van der Waals surface area contributed by atoms with Crippen LogP contribution in [0.5, 0.6) is 0 Å². The van der Waals surface area contributed by atoms with E-state index in [0.29, 0.717) is 17.9 Å². The molecule has 1 N–H and O–H groups in total. The van der Waals surface area contributed by atoms with Crippen LogP contribution < -0.4 is 0 Å². The Morgan fingerprint density at radius 1 is 1.47 bits per heavy atom. The molecule has 4 heteroatoms. The van der Waals surface area contributed by atoms with Crippen molar-refractivity contribution in [2.45, 2.75) is 18.9 Å². The molecule has 3 nitrogen and oxygen atoms in total. The SMILES string of the molecule is COCC1CCN(CCC(O)c2ccccc2F)C1. The molecule has 2 unspecified atom stereocenters. The molecule has 106 valence electrons. The van der Waals surface area contributed by atoms with Crippen molar-refractivity contribution >= 4 is 0 Å². The van der Waals surface area contributed by atoms with Crippen LogP contribution in [0.25, 0.3) is 0 Å². The second kappa shape index (κ2) is 6.98. The number of nitrogens with zero attached hydrogens (tertiary/aromatic N) is 1. The Hall–Kier alpha value is -0.970. The van der Waals surface area contributed by atoms with Gasteiger partial charge in [-0.25, -0.2) is 4.39 Å². The van der Waals surface area contributed by atoms with E-state index in [4.69, 9.17) is 4.74 Å². The first kappa shape index (κ1) is 14.4. The van der Waals surface area contributed by atoms with Crippen LogP contribution in [-0.2, 0) is 4.74 Å². The van der Waals surface area contributed by atoms with Gasteiger partial charge in [0.25, 0.3) is 0 Å². The quantitative estimate of drug-likeness (QED) is 0.858. The molecule has 0 radical (unpaired) electrons. The summed E-state index contributed by atoms with van der Waals surface area (Å²) in [4.78, 5) is 2.31. The van der Waals surface area contributed by atoms with Gasteiger partial charge >= 0.3 is 0 Å². The van der Waals surface area contributed by atoms with Crippen molar-refractivity contribution in [3.63, 3.8) is 0 Å². The molecule has 1 aliphatic heterocycles. The fourth-order valence-electron chi connectivity index (χ4n) is 2.69. The number of benzene rings is 1. The molecule has 1 aromatic carbocycles. The molecule has 1 aromatic rings. The highest BCUT2D eigenvalue weighted by Gasteiger charge is 2.23. The number of ether oxygens (including phenoxy) is 1. The van der Waals surface area contributed by atoms with Crippen LogP contribution in [0.15, 0.2) is 24.3 Å². The van der Waals surface area contributed by atoms with Gasteiger partial charge in [0.1, 0.15) is 5.82 Å². The fourth-order valence-corrected chi connectivity index (χ4v) is 2.69. The summed E-state index contributed by atoms with van der Waals surface area (Å²) in [6, 6.07) is 6.44. The Morgan fingerprint density at radius 3 is 3.00 bits per heavy atom. The van der Waals surface area contributed by atoms with Gasteiger partial charge in [-0.1, -0.05) is 18.2 Å². The number of halogens is 1. The zero-order chi connectivity index (χ0) is 13.7. The first-order valence-electron chi connectivity index (χ1n) is 6.84. The van der Waals surface area contributed by atoms with Gasteiger partial charge in [-0.2, -0.15) is 0 Å². The van der Waals surface area contributed by atoms with Gasteiger partial charge in [0.2, 0.25) is 0 Å². The molecule has 0 aromatic heterocycles. The van der Waals surface area contributed by atoms with Gasteiger partial charge in [0.15, 0.2) is 0 Å². The number of aliphatic hydroxyl groups excluding tert-OH is 1.